The van der Waals surface area contributed by atoms with E-state index < -0.39 is 0 Å². The zero-order chi connectivity index (χ0) is 9.68. The fourth-order valence-electron chi connectivity index (χ4n) is 1.50. The molecule has 1 aliphatic heterocycles. The Kier molecular flexibility index (Phi) is 4.60. The minimum atomic E-state index is 0.0560. The second-order valence-electron chi connectivity index (χ2n) is 3.38. The van der Waals surface area contributed by atoms with Crippen LogP contribution in [0.4, 0.5) is 0 Å². The summed E-state index contributed by atoms with van der Waals surface area (Å²) in [7, 11) is 1.83. The Bertz CT molecular complexity index is 218. The standard InChI is InChI=1S/C11H20OS/c1-4-11-8-10(2)13(9-11)7-5-6-12-3/h8-9,13H,4-7H2,1-3H3. The maximum Gasteiger partial charge on any atom is 0.0469 e. The predicted molar refractivity (Wildman–Crippen MR) is 62.5 cm³/mol. The average Bonchev–Trinajstić information content (AvgIpc) is 2.48. The van der Waals surface area contributed by atoms with Gasteiger partial charge in [-0.15, -0.1) is 0 Å². The summed E-state index contributed by atoms with van der Waals surface area (Å²) in [6.07, 6.45) is 4.74. The summed E-state index contributed by atoms with van der Waals surface area (Å²) < 4.78 is 5.06. The van der Waals surface area contributed by atoms with Gasteiger partial charge in [0.25, 0.3) is 0 Å². The first-order valence-electron chi connectivity index (χ1n) is 4.92. The van der Waals surface area contributed by atoms with Crippen LogP contribution < -0.4 is 0 Å². The van der Waals surface area contributed by atoms with E-state index in [1.54, 1.807) is 12.0 Å². The molecule has 0 fully saturated rings. The van der Waals surface area contributed by atoms with Gasteiger partial charge in [0, 0.05) is 13.7 Å². The molecule has 0 saturated carbocycles. The van der Waals surface area contributed by atoms with Crippen molar-refractivity contribution in [2.24, 2.45) is 0 Å². The lowest BCUT2D eigenvalue weighted by molar-refractivity contribution is 0.200. The third kappa shape index (κ3) is 3.20. The molecule has 13 heavy (non-hydrogen) atoms. The molecule has 1 unspecified atom stereocenters. The minimum absolute atomic E-state index is 0.0560. The smallest absolute Gasteiger partial charge is 0.0469 e. The second-order valence-corrected chi connectivity index (χ2v) is 5.73. The Morgan fingerprint density at radius 1 is 1.46 bits per heavy atom. The van der Waals surface area contributed by atoms with Crippen LogP contribution in [0, 0.1) is 0 Å². The number of rotatable bonds is 5. The minimum Gasteiger partial charge on any atom is -0.385 e. The Morgan fingerprint density at radius 2 is 2.23 bits per heavy atom. The molecule has 76 valence electrons. The molecular weight excluding hydrogens is 180 g/mol. The van der Waals surface area contributed by atoms with Crippen molar-refractivity contribution in [2.75, 3.05) is 19.5 Å². The van der Waals surface area contributed by atoms with Gasteiger partial charge in [-0.05, 0) is 41.4 Å². The normalized spacial score (nSPS) is 24.4. The van der Waals surface area contributed by atoms with Gasteiger partial charge < -0.3 is 4.74 Å². The van der Waals surface area contributed by atoms with Crippen LogP contribution in [0.2, 0.25) is 0 Å². The third-order valence-electron chi connectivity index (χ3n) is 2.32. The summed E-state index contributed by atoms with van der Waals surface area (Å²) in [6.45, 7) is 5.39. The van der Waals surface area contributed by atoms with Gasteiger partial charge in [-0.3, -0.25) is 0 Å². The number of ether oxygens (including phenoxy) is 1. The monoisotopic (exact) mass is 200 g/mol. The highest BCUT2D eigenvalue weighted by Gasteiger charge is 2.10. The first-order valence-corrected chi connectivity index (χ1v) is 6.52. The van der Waals surface area contributed by atoms with E-state index in [2.05, 4.69) is 25.3 Å². The SMILES string of the molecule is CCC1=C[SH](CCCOC)C(C)=C1. The Morgan fingerprint density at radius 3 is 2.77 bits per heavy atom. The molecule has 0 aliphatic carbocycles. The van der Waals surface area contributed by atoms with Gasteiger partial charge in [0.2, 0.25) is 0 Å². The van der Waals surface area contributed by atoms with E-state index in [-0.39, 0.29) is 10.9 Å². The summed E-state index contributed by atoms with van der Waals surface area (Å²) in [6, 6.07) is 0. The lowest BCUT2D eigenvalue weighted by atomic mass is 10.2. The van der Waals surface area contributed by atoms with Crippen LogP contribution in [0.5, 0.6) is 0 Å². The first-order chi connectivity index (χ1) is 6.27. The van der Waals surface area contributed by atoms with Gasteiger partial charge >= 0.3 is 0 Å². The molecule has 1 heterocycles. The highest BCUT2D eigenvalue weighted by Crippen LogP contribution is 2.44. The molecule has 0 bridgehead atoms. The maximum atomic E-state index is 5.06. The van der Waals surface area contributed by atoms with E-state index in [0.29, 0.717) is 0 Å². The summed E-state index contributed by atoms with van der Waals surface area (Å²) in [5.41, 5.74) is 1.53. The van der Waals surface area contributed by atoms with Crippen LogP contribution >= 0.6 is 10.9 Å². The van der Waals surface area contributed by atoms with Crippen molar-refractivity contribution >= 4 is 10.9 Å². The van der Waals surface area contributed by atoms with Gasteiger partial charge in [0.15, 0.2) is 0 Å². The van der Waals surface area contributed by atoms with Gasteiger partial charge in [-0.1, -0.05) is 13.0 Å². The van der Waals surface area contributed by atoms with E-state index >= 15 is 0 Å². The number of methoxy groups -OCH3 is 1. The summed E-state index contributed by atoms with van der Waals surface area (Å²) in [5.74, 6) is 1.30. The van der Waals surface area contributed by atoms with Crippen molar-refractivity contribution in [3.8, 4) is 0 Å². The van der Waals surface area contributed by atoms with E-state index in [1.807, 2.05) is 0 Å². The molecule has 1 atom stereocenters. The van der Waals surface area contributed by atoms with Crippen LogP contribution in [0.25, 0.3) is 0 Å². The molecule has 2 heteroatoms. The Balaban J connectivity index is 2.35. The van der Waals surface area contributed by atoms with Crippen LogP contribution in [0.3, 0.4) is 0 Å². The van der Waals surface area contributed by atoms with E-state index in [1.165, 1.54) is 24.2 Å². The van der Waals surface area contributed by atoms with E-state index in [4.69, 9.17) is 4.74 Å². The molecule has 1 nitrogen and oxygen atoms in total. The Hall–Kier alpha value is -0.210. The van der Waals surface area contributed by atoms with Gasteiger partial charge in [-0.25, -0.2) is 10.9 Å². The lowest BCUT2D eigenvalue weighted by Crippen LogP contribution is -1.93. The highest BCUT2D eigenvalue weighted by atomic mass is 32.2. The van der Waals surface area contributed by atoms with Crippen molar-refractivity contribution < 1.29 is 4.74 Å². The Labute approximate surface area is 84.2 Å². The van der Waals surface area contributed by atoms with Crippen LogP contribution in [0.15, 0.2) is 22.0 Å². The first kappa shape index (κ1) is 10.9. The number of hydrogen-bond acceptors (Lipinski definition) is 1. The largest absolute Gasteiger partial charge is 0.385 e. The summed E-state index contributed by atoms with van der Waals surface area (Å²) in [4.78, 5) is 1.59. The van der Waals surface area contributed by atoms with E-state index in [0.717, 1.165) is 6.61 Å². The van der Waals surface area contributed by atoms with Crippen molar-refractivity contribution in [3.63, 3.8) is 0 Å². The molecule has 0 spiro atoms. The maximum absolute atomic E-state index is 5.06. The van der Waals surface area contributed by atoms with Gasteiger partial charge in [0.1, 0.15) is 0 Å². The zero-order valence-corrected chi connectivity index (χ0v) is 9.73. The van der Waals surface area contributed by atoms with E-state index in [9.17, 15) is 0 Å². The third-order valence-corrected chi connectivity index (χ3v) is 4.80. The summed E-state index contributed by atoms with van der Waals surface area (Å²) >= 11 is 0. The van der Waals surface area contributed by atoms with Crippen molar-refractivity contribution in [2.45, 2.75) is 26.7 Å². The second kappa shape index (κ2) is 5.51. The van der Waals surface area contributed by atoms with Crippen LogP contribution in [-0.2, 0) is 4.74 Å². The highest BCUT2D eigenvalue weighted by molar-refractivity contribution is 8.23. The molecule has 0 N–H and O–H groups in total. The van der Waals surface area contributed by atoms with Crippen LogP contribution in [0.1, 0.15) is 26.7 Å². The molecule has 0 aromatic heterocycles. The average molecular weight is 200 g/mol. The predicted octanol–water partition coefficient (Wildman–Crippen LogP) is 3.24. The fraction of sp³-hybridized carbons (Fsp3) is 0.636. The molecule has 0 saturated heterocycles. The topological polar surface area (TPSA) is 9.23 Å². The van der Waals surface area contributed by atoms with Gasteiger partial charge in [0.05, 0.1) is 0 Å². The molecule has 0 aromatic rings. The molecular formula is C11H20OS. The molecule has 0 radical (unpaired) electrons. The number of allylic oxidation sites excluding steroid dienone is 3. The molecule has 1 rings (SSSR count). The van der Waals surface area contributed by atoms with Crippen LogP contribution in [-0.4, -0.2) is 19.5 Å². The van der Waals surface area contributed by atoms with Gasteiger partial charge in [-0.2, -0.15) is 0 Å². The quantitative estimate of drug-likeness (QED) is 0.529. The molecule has 0 aromatic carbocycles. The lowest BCUT2D eigenvalue weighted by Gasteiger charge is -2.13. The number of hydrogen-bond donors (Lipinski definition) is 1. The molecule has 0 amide bonds. The van der Waals surface area contributed by atoms with Crippen molar-refractivity contribution in [1.82, 2.24) is 0 Å². The van der Waals surface area contributed by atoms with Crippen molar-refractivity contribution in [1.29, 1.82) is 0 Å². The van der Waals surface area contributed by atoms with Crippen molar-refractivity contribution in [3.05, 3.63) is 22.0 Å². The summed E-state index contributed by atoms with van der Waals surface area (Å²) in [5, 5.41) is 2.47. The fourth-order valence-corrected chi connectivity index (χ4v) is 3.65. The number of thiol groups is 1. The molecule has 1 aliphatic rings. The zero-order valence-electron chi connectivity index (χ0n) is 8.84.